The van der Waals surface area contributed by atoms with Crippen molar-refractivity contribution >= 4 is 11.8 Å². The van der Waals surface area contributed by atoms with Crippen molar-refractivity contribution in [3.8, 4) is 6.07 Å². The lowest BCUT2D eigenvalue weighted by molar-refractivity contribution is 0.626. The van der Waals surface area contributed by atoms with Crippen molar-refractivity contribution in [2.24, 2.45) is 0 Å². The molecule has 0 aliphatic heterocycles. The van der Waals surface area contributed by atoms with Crippen LogP contribution in [-0.2, 0) is 0 Å². The highest BCUT2D eigenvalue weighted by Gasteiger charge is 2.00. The molecular weight excluding hydrogens is 155 g/mol. The van der Waals surface area contributed by atoms with Gasteiger partial charge < -0.3 is 5.73 Å². The molecule has 1 rings (SSSR count). The Morgan fingerprint density at radius 1 is 1.50 bits per heavy atom. The predicted octanol–water partition coefficient (Wildman–Crippen LogP) is 1.94. The molecule has 0 amide bonds. The Hall–Kier alpha value is -1.82. The van der Waals surface area contributed by atoms with Crippen molar-refractivity contribution in [1.82, 2.24) is 0 Å². The van der Waals surface area contributed by atoms with E-state index in [-0.39, 0.29) is 5.56 Å². The van der Waals surface area contributed by atoms with Crippen LogP contribution >= 0.6 is 0 Å². The first kappa shape index (κ1) is 8.28. The Bertz CT molecular complexity index is 330. The van der Waals surface area contributed by atoms with Gasteiger partial charge in [0.05, 0.1) is 6.07 Å². The van der Waals surface area contributed by atoms with Crippen molar-refractivity contribution in [1.29, 1.82) is 5.26 Å². The number of nitrogen functional groups attached to an aromatic ring is 1. The third kappa shape index (κ3) is 1.61. The number of benzene rings is 1. The maximum Gasteiger partial charge on any atom is 0.132 e. The Labute approximate surface area is 69.7 Å². The van der Waals surface area contributed by atoms with Gasteiger partial charge in [0.1, 0.15) is 5.82 Å². The molecule has 0 atom stereocenters. The maximum atomic E-state index is 12.9. The van der Waals surface area contributed by atoms with Gasteiger partial charge in [-0.25, -0.2) is 4.39 Å². The molecule has 0 bridgehead atoms. The number of nitrogens with two attached hydrogens (primary N) is 1. The standard InChI is InChI=1S/C9H7FN2/c10-8-4-1-5-9(12)7(8)3-2-6-11/h1-5H,12H2. The van der Waals surface area contributed by atoms with E-state index in [1.165, 1.54) is 24.3 Å². The molecule has 0 aliphatic rings. The SMILES string of the molecule is N#CC=Cc1c(N)cccc1F. The largest absolute Gasteiger partial charge is 0.398 e. The summed E-state index contributed by atoms with van der Waals surface area (Å²) in [5.41, 5.74) is 6.06. The fourth-order valence-corrected chi connectivity index (χ4v) is 0.850. The molecule has 0 aromatic heterocycles. The zero-order chi connectivity index (χ0) is 8.97. The van der Waals surface area contributed by atoms with Crippen LogP contribution in [0.5, 0.6) is 0 Å². The van der Waals surface area contributed by atoms with Gasteiger partial charge in [-0.3, -0.25) is 0 Å². The first-order chi connectivity index (χ1) is 5.75. The van der Waals surface area contributed by atoms with E-state index in [2.05, 4.69) is 0 Å². The molecule has 0 saturated carbocycles. The van der Waals surface area contributed by atoms with Gasteiger partial charge in [0.15, 0.2) is 0 Å². The molecule has 1 aromatic carbocycles. The summed E-state index contributed by atoms with van der Waals surface area (Å²) in [6, 6.07) is 6.17. The molecule has 0 unspecified atom stereocenters. The van der Waals surface area contributed by atoms with Gasteiger partial charge in [0.2, 0.25) is 0 Å². The molecular formula is C9H7FN2. The first-order valence-electron chi connectivity index (χ1n) is 3.36. The van der Waals surface area contributed by atoms with Gasteiger partial charge in [0, 0.05) is 17.3 Å². The lowest BCUT2D eigenvalue weighted by Crippen LogP contribution is -1.91. The van der Waals surface area contributed by atoms with Gasteiger partial charge in [0.25, 0.3) is 0 Å². The Morgan fingerprint density at radius 3 is 2.83 bits per heavy atom. The van der Waals surface area contributed by atoms with E-state index < -0.39 is 5.82 Å². The van der Waals surface area contributed by atoms with Gasteiger partial charge >= 0.3 is 0 Å². The summed E-state index contributed by atoms with van der Waals surface area (Å²) in [5, 5.41) is 8.21. The topological polar surface area (TPSA) is 49.8 Å². The van der Waals surface area contributed by atoms with E-state index in [1.54, 1.807) is 12.1 Å². The zero-order valence-corrected chi connectivity index (χ0v) is 6.29. The van der Waals surface area contributed by atoms with Crippen LogP contribution in [-0.4, -0.2) is 0 Å². The quantitative estimate of drug-likeness (QED) is 0.506. The summed E-state index contributed by atoms with van der Waals surface area (Å²) in [6.07, 6.45) is 2.54. The van der Waals surface area contributed by atoms with Crippen molar-refractivity contribution in [3.05, 3.63) is 35.7 Å². The molecule has 0 saturated heterocycles. The highest BCUT2D eigenvalue weighted by atomic mass is 19.1. The molecule has 1 aromatic rings. The van der Waals surface area contributed by atoms with E-state index in [1.807, 2.05) is 0 Å². The van der Waals surface area contributed by atoms with Gasteiger partial charge in [-0.1, -0.05) is 6.07 Å². The van der Waals surface area contributed by atoms with Crippen LogP contribution in [0.25, 0.3) is 6.08 Å². The van der Waals surface area contributed by atoms with E-state index in [0.717, 1.165) is 0 Å². The smallest absolute Gasteiger partial charge is 0.132 e. The molecule has 0 heterocycles. The fraction of sp³-hybridized carbons (Fsp3) is 0. The molecule has 0 spiro atoms. The summed E-state index contributed by atoms with van der Waals surface area (Å²) in [7, 11) is 0. The Morgan fingerprint density at radius 2 is 2.25 bits per heavy atom. The third-order valence-corrected chi connectivity index (χ3v) is 1.41. The monoisotopic (exact) mass is 162 g/mol. The van der Waals surface area contributed by atoms with Crippen molar-refractivity contribution in [2.45, 2.75) is 0 Å². The summed E-state index contributed by atoms with van der Waals surface area (Å²) < 4.78 is 12.9. The van der Waals surface area contributed by atoms with Crippen LogP contribution in [0, 0.1) is 17.1 Å². The minimum atomic E-state index is -0.415. The fourth-order valence-electron chi connectivity index (χ4n) is 0.850. The second-order valence-electron chi connectivity index (χ2n) is 2.21. The van der Waals surface area contributed by atoms with Crippen molar-refractivity contribution in [3.63, 3.8) is 0 Å². The minimum absolute atomic E-state index is 0.263. The second kappa shape index (κ2) is 3.54. The highest BCUT2D eigenvalue weighted by molar-refractivity contribution is 5.65. The van der Waals surface area contributed by atoms with Crippen LogP contribution < -0.4 is 5.73 Å². The van der Waals surface area contributed by atoms with Crippen LogP contribution in [0.4, 0.5) is 10.1 Å². The zero-order valence-electron chi connectivity index (χ0n) is 6.29. The second-order valence-corrected chi connectivity index (χ2v) is 2.21. The first-order valence-corrected chi connectivity index (χ1v) is 3.36. The van der Waals surface area contributed by atoms with Crippen LogP contribution in [0.15, 0.2) is 24.3 Å². The average molecular weight is 162 g/mol. The van der Waals surface area contributed by atoms with E-state index >= 15 is 0 Å². The Balaban J connectivity index is 3.15. The number of hydrogen-bond donors (Lipinski definition) is 1. The summed E-state index contributed by atoms with van der Waals surface area (Å²) in [5.74, 6) is -0.415. The summed E-state index contributed by atoms with van der Waals surface area (Å²) >= 11 is 0. The van der Waals surface area contributed by atoms with Gasteiger partial charge in [-0.15, -0.1) is 0 Å². The number of rotatable bonds is 1. The van der Waals surface area contributed by atoms with Crippen LogP contribution in [0.2, 0.25) is 0 Å². The molecule has 0 fully saturated rings. The highest BCUT2D eigenvalue weighted by Crippen LogP contribution is 2.16. The van der Waals surface area contributed by atoms with Gasteiger partial charge in [-0.2, -0.15) is 5.26 Å². The van der Waals surface area contributed by atoms with E-state index in [9.17, 15) is 4.39 Å². The Kier molecular flexibility index (Phi) is 2.44. The number of hydrogen-bond acceptors (Lipinski definition) is 2. The number of nitriles is 1. The number of nitrogens with zero attached hydrogens (tertiary/aromatic N) is 1. The molecule has 2 N–H and O–H groups in total. The number of anilines is 1. The summed E-state index contributed by atoms with van der Waals surface area (Å²) in [4.78, 5) is 0. The maximum absolute atomic E-state index is 12.9. The number of allylic oxidation sites excluding steroid dienone is 1. The van der Waals surface area contributed by atoms with E-state index in [0.29, 0.717) is 5.69 Å². The van der Waals surface area contributed by atoms with Crippen molar-refractivity contribution < 1.29 is 4.39 Å². The van der Waals surface area contributed by atoms with E-state index in [4.69, 9.17) is 11.0 Å². The molecule has 2 nitrogen and oxygen atoms in total. The third-order valence-electron chi connectivity index (χ3n) is 1.41. The number of halogens is 1. The van der Waals surface area contributed by atoms with Crippen molar-refractivity contribution in [2.75, 3.05) is 5.73 Å². The van der Waals surface area contributed by atoms with Gasteiger partial charge in [-0.05, 0) is 18.2 Å². The molecule has 0 radical (unpaired) electrons. The predicted molar refractivity (Wildman–Crippen MR) is 45.5 cm³/mol. The lowest BCUT2D eigenvalue weighted by atomic mass is 10.1. The molecule has 12 heavy (non-hydrogen) atoms. The molecule has 0 aliphatic carbocycles. The molecule has 3 heteroatoms. The summed E-state index contributed by atoms with van der Waals surface area (Å²) in [6.45, 7) is 0. The average Bonchev–Trinajstić information content (AvgIpc) is 2.04. The van der Waals surface area contributed by atoms with Crippen LogP contribution in [0.3, 0.4) is 0 Å². The molecule has 60 valence electrons. The van der Waals surface area contributed by atoms with Crippen LogP contribution in [0.1, 0.15) is 5.56 Å². The lowest BCUT2D eigenvalue weighted by Gasteiger charge is -1.99. The normalized spacial score (nSPS) is 10.0. The minimum Gasteiger partial charge on any atom is -0.398 e.